The van der Waals surface area contributed by atoms with Crippen molar-refractivity contribution < 1.29 is 304 Å². The summed E-state index contributed by atoms with van der Waals surface area (Å²) in [5.41, 5.74) is -1.82. The van der Waals surface area contributed by atoms with Crippen molar-refractivity contribution in [3.63, 3.8) is 0 Å². The van der Waals surface area contributed by atoms with E-state index >= 15 is 0 Å². The molecule has 0 atom stereocenters. The molecule has 0 N–H and O–H groups in total. The standard InChI is InChI=1S/C6H9N3O3.6C6H6.2C3H9N.2C2H6O.C2H6.9CH3.9Y/c1-7-4(10)8(2)6(12)9(3)5(7)11;6*1-2-4-6-5-3-1;2*1-4(2)3;2*1-3-2;1-2;;;;;;;;;;;;;;;;;;/h1-3H3;6*1-6H;2*1-3H3;2*1-2H3;1-2H3;9*1H3;;;;;;;;;/q;;;;;;;;;;;;9*-1;;;;;;;;;. The van der Waals surface area contributed by atoms with Gasteiger partial charge in [0.15, 0.2) is 0 Å². The molecule has 0 aliphatic rings. The summed E-state index contributed by atoms with van der Waals surface area (Å²) in [6, 6.07) is 72.0. The normalized spacial score (nSPS) is 6.40. The summed E-state index contributed by atoms with van der Waals surface area (Å²) in [5.74, 6) is 0. The van der Waals surface area contributed by atoms with Crippen molar-refractivity contribution in [2.24, 2.45) is 21.1 Å². The van der Waals surface area contributed by atoms with Crippen LogP contribution in [-0.4, -0.2) is 94.2 Å². The SMILES string of the molecule is CC.CN(C)C.CN(C)C.COC.COC.Cn1c(=O)n(C)c(=O)n(C)c1=O.[CH3-].[CH3-].[CH3-].[CH3-].[CH3-].[CH3-].[CH3-].[CH3-].[CH3-].[Y].[Y].[Y].[Y].[Y].[Y].[Y].[Y].[Y].c1ccccc1.c1ccccc1.c1ccccc1.c1ccccc1.c1ccccc1.c1ccccc1. The van der Waals surface area contributed by atoms with Gasteiger partial charge >= 0.3 is 17.1 Å². The molecule has 0 bridgehead atoms. The molecular weight excluding hydrogens is 1710 g/mol. The quantitative estimate of drug-likeness (QED) is 0.140. The molecule has 451 valence electrons. The monoisotopic (exact) mass is 1810 g/mol. The van der Waals surface area contributed by atoms with E-state index < -0.39 is 17.1 Å². The molecule has 19 heteroatoms. The fourth-order valence-electron chi connectivity index (χ4n) is 3.23. The smallest absolute Gasteiger partial charge is 0.335 e. The second-order valence-electron chi connectivity index (χ2n) is 13.0. The molecule has 0 fully saturated rings. The summed E-state index contributed by atoms with van der Waals surface area (Å²) in [5, 5.41) is 0. The van der Waals surface area contributed by atoms with Crippen LogP contribution in [0.2, 0.25) is 0 Å². The topological polar surface area (TPSA) is 90.9 Å². The molecule has 0 amide bonds. The minimum atomic E-state index is -0.608. The van der Waals surface area contributed by atoms with Crippen LogP contribution in [0.15, 0.2) is 233 Å². The van der Waals surface area contributed by atoms with E-state index in [0.717, 1.165) is 13.7 Å². The van der Waals surface area contributed by atoms with E-state index in [1.807, 2.05) is 284 Å². The van der Waals surface area contributed by atoms with Gasteiger partial charge in [0, 0.05) is 344 Å². The Hall–Kier alpha value is 3.51. The molecule has 0 saturated carbocycles. The van der Waals surface area contributed by atoms with Crippen molar-refractivity contribution in [3.8, 4) is 0 Å². The summed E-state index contributed by atoms with van der Waals surface area (Å²) in [6.07, 6.45) is 0. The first-order chi connectivity index (χ1) is 30.8. The fourth-order valence-corrected chi connectivity index (χ4v) is 3.23. The number of aromatic nitrogens is 3. The van der Waals surface area contributed by atoms with E-state index in [2.05, 4.69) is 9.47 Å². The molecule has 10 nitrogen and oxygen atoms in total. The van der Waals surface area contributed by atoms with Crippen molar-refractivity contribution in [2.75, 3.05) is 70.7 Å². The van der Waals surface area contributed by atoms with Crippen molar-refractivity contribution in [3.05, 3.63) is 317 Å². The second kappa shape index (κ2) is 137. The van der Waals surface area contributed by atoms with Crippen LogP contribution < -0.4 is 17.1 Å². The van der Waals surface area contributed by atoms with Gasteiger partial charge in [0.25, 0.3) is 0 Å². The number of ether oxygens (including phenoxy) is 2. The van der Waals surface area contributed by atoms with Crippen molar-refractivity contribution in [1.82, 2.24) is 23.5 Å². The summed E-state index contributed by atoms with van der Waals surface area (Å²) in [4.78, 5) is 37.2. The first-order valence-electron chi connectivity index (χ1n) is 20.6. The largest absolute Gasteiger partial charge is 0.388 e. The molecule has 1 heterocycles. The van der Waals surface area contributed by atoms with Crippen molar-refractivity contribution >= 4 is 0 Å². The van der Waals surface area contributed by atoms with Gasteiger partial charge in [0.1, 0.15) is 0 Å². The molecule has 0 aliphatic carbocycles. The Bertz CT molecular complexity index is 1500. The van der Waals surface area contributed by atoms with E-state index in [-0.39, 0.29) is 361 Å². The Morgan fingerprint density at radius 2 is 0.268 bits per heavy atom. The van der Waals surface area contributed by atoms with Gasteiger partial charge < -0.3 is 86.1 Å². The number of methoxy groups -OCH3 is 2. The maximum atomic E-state index is 11.1. The van der Waals surface area contributed by atoms with Crippen LogP contribution in [0.3, 0.4) is 0 Å². The summed E-state index contributed by atoms with van der Waals surface area (Å²) in [7, 11) is 22.5. The number of hydrogen-bond donors (Lipinski definition) is 0. The average Bonchev–Trinajstić information content (AvgIpc) is 3.35. The van der Waals surface area contributed by atoms with Gasteiger partial charge in [-0.05, 0) is 42.3 Å². The third-order valence-corrected chi connectivity index (χ3v) is 5.72. The molecule has 0 aliphatic heterocycles. The van der Waals surface area contributed by atoms with Gasteiger partial charge in [-0.3, -0.25) is 0 Å². The third-order valence-electron chi connectivity index (χ3n) is 5.72. The van der Waals surface area contributed by atoms with Gasteiger partial charge in [-0.15, -0.1) is 0 Å². The molecule has 1 aromatic heterocycles. The Morgan fingerprint density at radius 3 is 0.305 bits per heavy atom. The van der Waals surface area contributed by atoms with Crippen LogP contribution in [0.5, 0.6) is 0 Å². The van der Waals surface area contributed by atoms with Crippen LogP contribution in [0.4, 0.5) is 0 Å². The van der Waals surface area contributed by atoms with Gasteiger partial charge in [-0.2, -0.15) is 0 Å². The summed E-state index contributed by atoms with van der Waals surface area (Å²) >= 11 is 0. The van der Waals surface area contributed by atoms with Crippen molar-refractivity contribution in [2.45, 2.75) is 13.8 Å². The summed E-state index contributed by atoms with van der Waals surface area (Å²) < 4.78 is 11.1. The molecule has 6 aromatic carbocycles. The molecule has 7 rings (SSSR count). The van der Waals surface area contributed by atoms with E-state index in [9.17, 15) is 14.4 Å². The Labute approximate surface area is 736 Å². The molecule has 9 radical (unpaired) electrons. The Balaban J connectivity index is -0.0000000221. The van der Waals surface area contributed by atoms with E-state index in [0.29, 0.717) is 0 Å². The minimum absolute atomic E-state index is 0. The van der Waals surface area contributed by atoms with Crippen LogP contribution in [0, 0.1) is 66.8 Å². The van der Waals surface area contributed by atoms with Crippen LogP contribution >= 0.6 is 0 Å². The molecular formula is C63H108N5O5Y9-9. The molecule has 0 saturated heterocycles. The molecule has 0 unspecified atom stereocenters. The number of rotatable bonds is 0. The third kappa shape index (κ3) is 141. The molecule has 0 spiro atoms. The van der Waals surface area contributed by atoms with Crippen molar-refractivity contribution in [1.29, 1.82) is 0 Å². The Kier molecular flexibility index (Phi) is 262. The number of nitrogens with zero attached hydrogens (tertiary/aromatic N) is 5. The predicted molar refractivity (Wildman–Crippen MR) is 335 cm³/mol. The van der Waals surface area contributed by atoms with Crippen LogP contribution in [0.25, 0.3) is 0 Å². The van der Waals surface area contributed by atoms with E-state index in [4.69, 9.17) is 0 Å². The van der Waals surface area contributed by atoms with E-state index in [1.165, 1.54) is 21.1 Å². The van der Waals surface area contributed by atoms with Crippen LogP contribution in [-0.2, 0) is 325 Å². The fraction of sp³-hybridized carbons (Fsp3) is 0.238. The van der Waals surface area contributed by atoms with Gasteiger partial charge in [0.2, 0.25) is 0 Å². The van der Waals surface area contributed by atoms with Crippen LogP contribution in [0.1, 0.15) is 13.8 Å². The first-order valence-corrected chi connectivity index (χ1v) is 20.6. The van der Waals surface area contributed by atoms with Gasteiger partial charge in [0.05, 0.1) is 0 Å². The number of hydrogen-bond acceptors (Lipinski definition) is 7. The maximum absolute atomic E-state index is 11.1. The number of benzene rings is 6. The average molecular weight is 1820 g/mol. The first kappa shape index (κ1) is 156. The maximum Gasteiger partial charge on any atom is 0.335 e. The molecule has 82 heavy (non-hydrogen) atoms. The van der Waals surface area contributed by atoms with Gasteiger partial charge in [-0.1, -0.05) is 232 Å². The predicted octanol–water partition coefficient (Wildman–Crippen LogP) is 13.8. The van der Waals surface area contributed by atoms with E-state index in [1.54, 1.807) is 28.4 Å². The zero-order valence-corrected chi connectivity index (χ0v) is 81.3. The minimum Gasteiger partial charge on any atom is -0.388 e. The second-order valence-corrected chi connectivity index (χ2v) is 13.0. The zero-order valence-electron chi connectivity index (χ0n) is 55.8. The summed E-state index contributed by atoms with van der Waals surface area (Å²) in [6.45, 7) is 4.00. The van der Waals surface area contributed by atoms with Gasteiger partial charge in [-0.25, -0.2) is 28.1 Å². The Morgan fingerprint density at radius 1 is 0.232 bits per heavy atom. The zero-order chi connectivity index (χ0) is 49.5. The molecule has 7 aromatic rings.